The molecule has 1 heterocycles. The lowest BCUT2D eigenvalue weighted by molar-refractivity contribution is -0.895. The average Bonchev–Trinajstić information content (AvgIpc) is 2.65. The van der Waals surface area contributed by atoms with Crippen LogP contribution in [0.2, 0.25) is 0 Å². The molecule has 138 valence electrons. The van der Waals surface area contributed by atoms with Crippen molar-refractivity contribution in [2.24, 2.45) is 0 Å². The molecule has 1 aromatic rings. The molecule has 0 atom stereocenters. The highest BCUT2D eigenvalue weighted by Gasteiger charge is 2.23. The quantitative estimate of drug-likeness (QED) is 0.425. The van der Waals surface area contributed by atoms with Gasteiger partial charge in [0.05, 0.1) is 26.2 Å². The normalized spacial score (nSPS) is 15.0. The molecule has 1 fully saturated rings. The van der Waals surface area contributed by atoms with Gasteiger partial charge in [-0.25, -0.2) is 0 Å². The zero-order valence-corrected chi connectivity index (χ0v) is 15.7. The van der Waals surface area contributed by atoms with Gasteiger partial charge in [-0.05, 0) is 24.2 Å². The largest absolute Gasteiger partial charge is 0.385 e. The fraction of sp³-hybridized carbons (Fsp3) is 0.556. The zero-order valence-electron chi connectivity index (χ0n) is 14.9. The van der Waals surface area contributed by atoms with E-state index in [4.69, 9.17) is 17.0 Å². The van der Waals surface area contributed by atoms with Crippen LogP contribution in [0, 0.1) is 0 Å². The summed E-state index contributed by atoms with van der Waals surface area (Å²) in [6.45, 7) is 6.26. The average molecular weight is 366 g/mol. The van der Waals surface area contributed by atoms with Crippen LogP contribution < -0.4 is 15.5 Å². The molecule has 1 aliphatic heterocycles. The SMILES string of the molecule is COCCCNC(=O)C[NH+]1CCN(C(=S)NCc2ccccc2)CC1. The minimum absolute atomic E-state index is 0.115. The number of rotatable bonds is 8. The fourth-order valence-electron chi connectivity index (χ4n) is 2.82. The molecule has 7 heteroatoms. The van der Waals surface area contributed by atoms with E-state index in [1.807, 2.05) is 18.2 Å². The molecule has 3 N–H and O–H groups in total. The number of amides is 1. The Kier molecular flexibility index (Phi) is 8.65. The van der Waals surface area contributed by atoms with E-state index in [0.717, 1.165) is 44.3 Å². The van der Waals surface area contributed by atoms with E-state index in [1.54, 1.807) is 7.11 Å². The lowest BCUT2D eigenvalue weighted by atomic mass is 10.2. The lowest BCUT2D eigenvalue weighted by Crippen LogP contribution is -3.15. The summed E-state index contributed by atoms with van der Waals surface area (Å²) in [4.78, 5) is 15.4. The highest BCUT2D eigenvalue weighted by Crippen LogP contribution is 1.99. The predicted molar refractivity (Wildman–Crippen MR) is 103 cm³/mol. The number of hydrogen-bond donors (Lipinski definition) is 3. The summed E-state index contributed by atoms with van der Waals surface area (Å²) >= 11 is 5.50. The number of carbonyl (C=O) groups is 1. The molecule has 1 saturated heterocycles. The number of carbonyl (C=O) groups excluding carboxylic acids is 1. The van der Waals surface area contributed by atoms with Gasteiger partial charge >= 0.3 is 0 Å². The van der Waals surface area contributed by atoms with Crippen LogP contribution in [0.3, 0.4) is 0 Å². The molecule has 0 aromatic heterocycles. The first kappa shape index (κ1) is 19.6. The second-order valence-electron chi connectivity index (χ2n) is 6.25. The van der Waals surface area contributed by atoms with Gasteiger partial charge in [0.25, 0.3) is 5.91 Å². The second kappa shape index (κ2) is 11.0. The topological polar surface area (TPSA) is 58.0 Å². The van der Waals surface area contributed by atoms with Crippen molar-refractivity contribution in [3.63, 3.8) is 0 Å². The first-order chi connectivity index (χ1) is 12.2. The molecule has 0 unspecified atom stereocenters. The number of quaternary nitrogens is 1. The first-order valence-electron chi connectivity index (χ1n) is 8.85. The van der Waals surface area contributed by atoms with Crippen LogP contribution in [0.1, 0.15) is 12.0 Å². The molecule has 0 aliphatic carbocycles. The number of thiocarbonyl (C=S) groups is 1. The Morgan fingerprint density at radius 3 is 2.64 bits per heavy atom. The maximum atomic E-state index is 11.9. The fourth-order valence-corrected chi connectivity index (χ4v) is 3.08. The Morgan fingerprint density at radius 2 is 1.96 bits per heavy atom. The maximum Gasteiger partial charge on any atom is 0.275 e. The van der Waals surface area contributed by atoms with Crippen LogP contribution >= 0.6 is 12.2 Å². The molecule has 0 bridgehead atoms. The Labute approximate surface area is 155 Å². The molecule has 1 aromatic carbocycles. The van der Waals surface area contributed by atoms with Crippen LogP contribution in [0.4, 0.5) is 0 Å². The molecule has 0 spiro atoms. The minimum atomic E-state index is 0.115. The van der Waals surface area contributed by atoms with E-state index >= 15 is 0 Å². The molecule has 1 amide bonds. The molecule has 0 radical (unpaired) electrons. The molecule has 0 saturated carbocycles. The van der Waals surface area contributed by atoms with Crippen molar-refractivity contribution in [1.82, 2.24) is 15.5 Å². The van der Waals surface area contributed by atoms with Crippen molar-refractivity contribution in [2.45, 2.75) is 13.0 Å². The maximum absolute atomic E-state index is 11.9. The van der Waals surface area contributed by atoms with Gasteiger partial charge in [-0.1, -0.05) is 30.3 Å². The van der Waals surface area contributed by atoms with E-state index in [2.05, 4.69) is 27.7 Å². The lowest BCUT2D eigenvalue weighted by Gasteiger charge is -2.33. The summed E-state index contributed by atoms with van der Waals surface area (Å²) in [6.07, 6.45) is 0.854. The smallest absolute Gasteiger partial charge is 0.275 e. The molecule has 2 rings (SSSR count). The van der Waals surface area contributed by atoms with Gasteiger partial charge in [-0.3, -0.25) is 4.79 Å². The van der Waals surface area contributed by atoms with Crippen molar-refractivity contribution in [1.29, 1.82) is 0 Å². The molecular weight excluding hydrogens is 336 g/mol. The van der Waals surface area contributed by atoms with Crippen LogP contribution in [0.5, 0.6) is 0 Å². The molecule has 6 nitrogen and oxygen atoms in total. The second-order valence-corrected chi connectivity index (χ2v) is 6.64. The van der Waals surface area contributed by atoms with Crippen molar-refractivity contribution in [3.8, 4) is 0 Å². The van der Waals surface area contributed by atoms with Crippen LogP contribution in [0.15, 0.2) is 30.3 Å². The van der Waals surface area contributed by atoms with Gasteiger partial charge in [0.2, 0.25) is 0 Å². The van der Waals surface area contributed by atoms with Crippen LogP contribution in [-0.2, 0) is 16.1 Å². The van der Waals surface area contributed by atoms with E-state index < -0.39 is 0 Å². The number of piperazine rings is 1. The summed E-state index contributed by atoms with van der Waals surface area (Å²) in [5, 5.41) is 7.06. The Morgan fingerprint density at radius 1 is 1.24 bits per heavy atom. The highest BCUT2D eigenvalue weighted by atomic mass is 32.1. The van der Waals surface area contributed by atoms with Gasteiger partial charge in [0, 0.05) is 26.8 Å². The summed E-state index contributed by atoms with van der Waals surface area (Å²) in [6, 6.07) is 10.2. The summed E-state index contributed by atoms with van der Waals surface area (Å²) in [7, 11) is 1.67. The number of benzene rings is 1. The van der Waals surface area contributed by atoms with Gasteiger partial charge in [0.15, 0.2) is 11.7 Å². The molecule has 25 heavy (non-hydrogen) atoms. The van der Waals surface area contributed by atoms with Crippen LogP contribution in [0.25, 0.3) is 0 Å². The number of nitrogens with zero attached hydrogens (tertiary/aromatic N) is 1. The number of methoxy groups -OCH3 is 1. The van der Waals surface area contributed by atoms with Gasteiger partial charge in [0.1, 0.15) is 0 Å². The number of ether oxygens (including phenoxy) is 1. The number of nitrogens with one attached hydrogen (secondary N) is 3. The summed E-state index contributed by atoms with van der Waals surface area (Å²) in [5.41, 5.74) is 1.22. The van der Waals surface area contributed by atoms with E-state index in [-0.39, 0.29) is 5.91 Å². The van der Waals surface area contributed by atoms with Crippen molar-refractivity contribution >= 4 is 23.2 Å². The standard InChI is InChI=1S/C18H28N4O2S/c1-24-13-5-8-19-17(23)15-21-9-11-22(12-10-21)18(25)20-14-16-6-3-2-4-7-16/h2-4,6-7H,5,8-15H2,1H3,(H,19,23)(H,20,25)/p+1. The third-order valence-corrected chi connectivity index (χ3v) is 4.70. The number of hydrogen-bond acceptors (Lipinski definition) is 3. The summed E-state index contributed by atoms with van der Waals surface area (Å²) < 4.78 is 4.98. The first-order valence-corrected chi connectivity index (χ1v) is 9.26. The molecule has 1 aliphatic rings. The van der Waals surface area contributed by atoms with Crippen LogP contribution in [-0.4, -0.2) is 68.9 Å². The van der Waals surface area contributed by atoms with E-state index in [1.165, 1.54) is 10.5 Å². The Hall–Kier alpha value is -1.70. The third kappa shape index (κ3) is 7.37. The third-order valence-electron chi connectivity index (χ3n) is 4.30. The van der Waals surface area contributed by atoms with Gasteiger partial charge in [-0.15, -0.1) is 0 Å². The van der Waals surface area contributed by atoms with Gasteiger partial charge < -0.3 is 25.2 Å². The van der Waals surface area contributed by atoms with Gasteiger partial charge in [-0.2, -0.15) is 0 Å². The van der Waals surface area contributed by atoms with Crippen molar-refractivity contribution in [2.75, 3.05) is 53.0 Å². The molecular formula is C18H29N4O2S+. The minimum Gasteiger partial charge on any atom is -0.385 e. The van der Waals surface area contributed by atoms with E-state index in [0.29, 0.717) is 19.7 Å². The Bertz CT molecular complexity index is 533. The van der Waals surface area contributed by atoms with Crippen molar-refractivity contribution in [3.05, 3.63) is 35.9 Å². The van der Waals surface area contributed by atoms with Crippen molar-refractivity contribution < 1.29 is 14.4 Å². The monoisotopic (exact) mass is 365 g/mol. The Balaban J connectivity index is 1.62. The zero-order chi connectivity index (χ0) is 17.9. The highest BCUT2D eigenvalue weighted by molar-refractivity contribution is 7.80. The predicted octanol–water partition coefficient (Wildman–Crippen LogP) is -0.586. The van der Waals surface area contributed by atoms with E-state index in [9.17, 15) is 4.79 Å². The summed E-state index contributed by atoms with van der Waals surface area (Å²) in [5.74, 6) is 0.115.